The molecule has 0 aliphatic carbocycles. The number of rotatable bonds is 9. The molecule has 0 bridgehead atoms. The van der Waals surface area contributed by atoms with Crippen molar-refractivity contribution in [2.24, 2.45) is 0 Å². The van der Waals surface area contributed by atoms with Crippen molar-refractivity contribution in [3.8, 4) is 5.75 Å². The van der Waals surface area contributed by atoms with Crippen LogP contribution >= 0.6 is 11.6 Å². The van der Waals surface area contributed by atoms with Gasteiger partial charge in [-0.1, -0.05) is 11.6 Å². The van der Waals surface area contributed by atoms with Crippen molar-refractivity contribution in [2.45, 2.75) is 4.90 Å². The molecule has 0 unspecified atom stereocenters. The van der Waals surface area contributed by atoms with Crippen LogP contribution in [-0.2, 0) is 20.0 Å². The zero-order valence-electron chi connectivity index (χ0n) is 16.5. The molecule has 0 aromatic heterocycles. The number of hydrogen-bond donors (Lipinski definition) is 2. The molecule has 0 heterocycles. The van der Waals surface area contributed by atoms with E-state index in [2.05, 4.69) is 10.0 Å². The Morgan fingerprint density at radius 1 is 1.07 bits per heavy atom. The van der Waals surface area contributed by atoms with Crippen molar-refractivity contribution in [3.05, 3.63) is 53.1 Å². The fourth-order valence-electron chi connectivity index (χ4n) is 2.32. The molecule has 0 aliphatic rings. The van der Waals surface area contributed by atoms with Crippen molar-refractivity contribution in [1.29, 1.82) is 0 Å². The molecule has 0 fully saturated rings. The summed E-state index contributed by atoms with van der Waals surface area (Å²) in [6.07, 6.45) is 1.00. The van der Waals surface area contributed by atoms with Gasteiger partial charge in [0.2, 0.25) is 20.0 Å². The zero-order valence-corrected chi connectivity index (χ0v) is 18.9. The second-order valence-corrected chi connectivity index (χ2v) is 10.7. The molecule has 2 rings (SSSR count). The zero-order chi connectivity index (χ0) is 22.5. The maximum Gasteiger partial charge on any atom is 0.252 e. The van der Waals surface area contributed by atoms with E-state index in [0.717, 1.165) is 10.6 Å². The second kappa shape index (κ2) is 9.65. The third kappa shape index (κ3) is 6.59. The van der Waals surface area contributed by atoms with Crippen LogP contribution in [0.3, 0.4) is 0 Å². The summed E-state index contributed by atoms with van der Waals surface area (Å²) in [6.45, 7) is 0.279. The number of amides is 1. The maximum atomic E-state index is 12.3. The highest BCUT2D eigenvalue weighted by molar-refractivity contribution is 7.92. The van der Waals surface area contributed by atoms with Gasteiger partial charge in [0.15, 0.2) is 0 Å². The smallest absolute Gasteiger partial charge is 0.252 e. The van der Waals surface area contributed by atoms with Gasteiger partial charge in [-0.3, -0.25) is 9.52 Å². The van der Waals surface area contributed by atoms with E-state index in [9.17, 15) is 21.6 Å². The topological polar surface area (TPSA) is 122 Å². The van der Waals surface area contributed by atoms with Crippen LogP contribution in [0.15, 0.2) is 47.4 Å². The number of nitrogens with zero attached hydrogens (tertiary/aromatic N) is 1. The molecule has 0 atom stereocenters. The Bertz CT molecular complexity index is 1120. The first kappa shape index (κ1) is 23.9. The molecular formula is C18H22ClN3O6S2. The Hall–Kier alpha value is -2.34. The SMILES string of the molecule is CN(C)S(=O)(=O)c1ccc(OCCNC(=O)c2cc(NS(C)(=O)=O)ccc2Cl)cc1. The lowest BCUT2D eigenvalue weighted by molar-refractivity contribution is 0.0947. The van der Waals surface area contributed by atoms with Gasteiger partial charge < -0.3 is 10.1 Å². The Kier molecular flexibility index (Phi) is 7.70. The molecule has 2 N–H and O–H groups in total. The summed E-state index contributed by atoms with van der Waals surface area (Å²) in [5.41, 5.74) is 0.333. The normalized spacial score (nSPS) is 11.9. The average molecular weight is 476 g/mol. The van der Waals surface area contributed by atoms with Crippen molar-refractivity contribution in [3.63, 3.8) is 0 Å². The van der Waals surface area contributed by atoms with Crippen LogP contribution in [0.1, 0.15) is 10.4 Å². The van der Waals surface area contributed by atoms with E-state index < -0.39 is 26.0 Å². The summed E-state index contributed by atoms with van der Waals surface area (Å²) >= 11 is 6.02. The van der Waals surface area contributed by atoms with Gasteiger partial charge in [-0.25, -0.2) is 21.1 Å². The van der Waals surface area contributed by atoms with Crippen LogP contribution in [0.25, 0.3) is 0 Å². The molecule has 2 aromatic carbocycles. The predicted octanol–water partition coefficient (Wildman–Crippen LogP) is 1.77. The van der Waals surface area contributed by atoms with Crippen LogP contribution in [0.4, 0.5) is 5.69 Å². The third-order valence-electron chi connectivity index (χ3n) is 3.77. The van der Waals surface area contributed by atoms with E-state index in [1.807, 2.05) is 0 Å². The Morgan fingerprint density at radius 3 is 2.27 bits per heavy atom. The molecule has 2 aromatic rings. The van der Waals surface area contributed by atoms with Crippen LogP contribution in [-0.4, -0.2) is 60.6 Å². The van der Waals surface area contributed by atoms with Crippen molar-refractivity contribution in [1.82, 2.24) is 9.62 Å². The van der Waals surface area contributed by atoms with Crippen LogP contribution < -0.4 is 14.8 Å². The number of carbonyl (C=O) groups is 1. The number of ether oxygens (including phenoxy) is 1. The molecule has 0 radical (unpaired) electrons. The number of nitrogens with one attached hydrogen (secondary N) is 2. The third-order valence-corrected chi connectivity index (χ3v) is 6.54. The van der Waals surface area contributed by atoms with Gasteiger partial charge in [0, 0.05) is 19.8 Å². The monoisotopic (exact) mass is 475 g/mol. The standard InChI is InChI=1S/C18H22ClN3O6S2/c1-22(2)30(26,27)15-7-5-14(6-8-15)28-11-10-20-18(23)16-12-13(4-9-17(16)19)21-29(3,24)25/h4-9,12,21H,10-11H2,1-3H3,(H,20,23). The van der Waals surface area contributed by atoms with Gasteiger partial charge in [0.05, 0.1) is 28.3 Å². The van der Waals surface area contributed by atoms with E-state index in [4.69, 9.17) is 16.3 Å². The van der Waals surface area contributed by atoms with E-state index in [1.54, 1.807) is 0 Å². The Morgan fingerprint density at radius 2 is 1.70 bits per heavy atom. The highest BCUT2D eigenvalue weighted by Crippen LogP contribution is 2.21. The van der Waals surface area contributed by atoms with Gasteiger partial charge in [-0.15, -0.1) is 0 Å². The highest BCUT2D eigenvalue weighted by Gasteiger charge is 2.17. The quantitative estimate of drug-likeness (QED) is 0.533. The largest absolute Gasteiger partial charge is 0.492 e. The molecular weight excluding hydrogens is 454 g/mol. The molecule has 0 aliphatic heterocycles. The van der Waals surface area contributed by atoms with Gasteiger partial charge in [0.25, 0.3) is 5.91 Å². The summed E-state index contributed by atoms with van der Waals surface area (Å²) in [4.78, 5) is 12.5. The van der Waals surface area contributed by atoms with Crippen LogP contribution in [0.5, 0.6) is 5.75 Å². The first-order chi connectivity index (χ1) is 13.9. The molecule has 30 heavy (non-hydrogen) atoms. The second-order valence-electron chi connectivity index (χ2n) is 6.43. The summed E-state index contributed by atoms with van der Waals surface area (Å²) in [6, 6.07) is 10.1. The van der Waals surface area contributed by atoms with Crippen molar-refractivity contribution < 1.29 is 26.4 Å². The summed E-state index contributed by atoms with van der Waals surface area (Å²) in [7, 11) is -4.11. The van der Waals surface area contributed by atoms with Crippen molar-refractivity contribution >= 4 is 43.2 Å². The maximum absolute atomic E-state index is 12.3. The molecule has 12 heteroatoms. The van der Waals surface area contributed by atoms with Crippen LogP contribution in [0.2, 0.25) is 5.02 Å². The van der Waals surface area contributed by atoms with E-state index >= 15 is 0 Å². The highest BCUT2D eigenvalue weighted by atomic mass is 35.5. The molecule has 9 nitrogen and oxygen atoms in total. The van der Waals surface area contributed by atoms with Gasteiger partial charge in [0.1, 0.15) is 12.4 Å². The van der Waals surface area contributed by atoms with Gasteiger partial charge in [-0.2, -0.15) is 0 Å². The minimum Gasteiger partial charge on any atom is -0.492 e. The lowest BCUT2D eigenvalue weighted by Crippen LogP contribution is -2.28. The minimum atomic E-state index is -3.51. The first-order valence-corrected chi connectivity index (χ1v) is 12.3. The number of halogens is 1. The molecule has 0 saturated carbocycles. The number of benzene rings is 2. The summed E-state index contributed by atoms with van der Waals surface area (Å²) in [5.74, 6) is -0.0486. The lowest BCUT2D eigenvalue weighted by atomic mass is 10.2. The van der Waals surface area contributed by atoms with E-state index in [-0.39, 0.29) is 34.3 Å². The fraction of sp³-hybridized carbons (Fsp3) is 0.278. The minimum absolute atomic E-state index is 0.114. The number of hydrogen-bond acceptors (Lipinski definition) is 6. The number of carbonyl (C=O) groups excluding carboxylic acids is 1. The molecule has 0 spiro atoms. The van der Waals surface area contributed by atoms with Gasteiger partial charge in [-0.05, 0) is 42.5 Å². The molecule has 0 saturated heterocycles. The first-order valence-electron chi connectivity index (χ1n) is 8.61. The van der Waals surface area contributed by atoms with E-state index in [1.165, 1.54) is 56.6 Å². The van der Waals surface area contributed by atoms with E-state index in [0.29, 0.717) is 5.75 Å². The number of anilines is 1. The van der Waals surface area contributed by atoms with Crippen LogP contribution in [0, 0.1) is 0 Å². The average Bonchev–Trinajstić information content (AvgIpc) is 2.65. The van der Waals surface area contributed by atoms with Crippen molar-refractivity contribution in [2.75, 3.05) is 38.2 Å². The Labute approximate surface area is 181 Å². The summed E-state index contributed by atoms with van der Waals surface area (Å²) in [5, 5.41) is 2.79. The predicted molar refractivity (Wildman–Crippen MR) is 115 cm³/mol. The fourth-order valence-corrected chi connectivity index (χ4v) is 3.98. The number of sulfonamides is 2. The molecule has 164 valence electrons. The summed E-state index contributed by atoms with van der Waals surface area (Å²) < 4.78 is 55.6. The Balaban J connectivity index is 1.92. The van der Waals surface area contributed by atoms with Gasteiger partial charge >= 0.3 is 0 Å². The lowest BCUT2D eigenvalue weighted by Gasteiger charge is -2.12. The molecule has 1 amide bonds.